The Balaban J connectivity index is 2.26. The van der Waals surface area contributed by atoms with E-state index in [0.717, 1.165) is 16.8 Å². The first kappa shape index (κ1) is 13.4. The molecule has 2 aromatic rings. The average Bonchev–Trinajstić information content (AvgIpc) is 2.70. The molecule has 0 saturated heterocycles. The van der Waals surface area contributed by atoms with Crippen molar-refractivity contribution < 1.29 is 5.21 Å². The van der Waals surface area contributed by atoms with Crippen LogP contribution in [0.25, 0.3) is 0 Å². The molecule has 1 aromatic carbocycles. The number of amidine groups is 1. The van der Waals surface area contributed by atoms with Crippen LogP contribution in [0.1, 0.15) is 22.4 Å². The lowest BCUT2D eigenvalue weighted by Crippen LogP contribution is -2.13. The van der Waals surface area contributed by atoms with Crippen LogP contribution in [0.3, 0.4) is 0 Å². The topological polar surface area (TPSA) is 76.4 Å². The van der Waals surface area contributed by atoms with Crippen LogP contribution in [0.2, 0.25) is 5.02 Å². The number of halogens is 1. The highest BCUT2D eigenvalue weighted by molar-refractivity contribution is 6.31. The molecule has 0 fully saturated rings. The second-order valence-electron chi connectivity index (χ2n) is 4.39. The van der Waals surface area contributed by atoms with Gasteiger partial charge in [-0.15, -0.1) is 0 Å². The van der Waals surface area contributed by atoms with E-state index in [1.807, 2.05) is 32.0 Å². The third-order valence-corrected chi connectivity index (χ3v) is 3.34. The van der Waals surface area contributed by atoms with Gasteiger partial charge >= 0.3 is 0 Å². The van der Waals surface area contributed by atoms with Gasteiger partial charge < -0.3 is 10.9 Å². The molecule has 0 radical (unpaired) electrons. The number of aryl methyl sites for hydroxylation is 2. The first-order valence-corrected chi connectivity index (χ1v) is 6.16. The van der Waals surface area contributed by atoms with Gasteiger partial charge in [0, 0.05) is 11.8 Å². The van der Waals surface area contributed by atoms with Crippen molar-refractivity contribution in [2.45, 2.75) is 20.4 Å². The molecule has 100 valence electrons. The summed E-state index contributed by atoms with van der Waals surface area (Å²) in [7, 11) is 0. The lowest BCUT2D eigenvalue weighted by Gasteiger charge is -2.08. The minimum atomic E-state index is 0.104. The van der Waals surface area contributed by atoms with Crippen LogP contribution < -0.4 is 5.73 Å². The lowest BCUT2D eigenvalue weighted by atomic mass is 10.0. The molecule has 5 nitrogen and oxygen atoms in total. The predicted octanol–water partition coefficient (Wildman–Crippen LogP) is 2.30. The summed E-state index contributed by atoms with van der Waals surface area (Å²) in [5.41, 5.74) is 9.21. The number of nitrogens with zero attached hydrogens (tertiary/aromatic N) is 3. The van der Waals surface area contributed by atoms with Gasteiger partial charge in [-0.2, -0.15) is 5.10 Å². The third-order valence-electron chi connectivity index (χ3n) is 2.96. The van der Waals surface area contributed by atoms with Gasteiger partial charge in [-0.25, -0.2) is 0 Å². The number of rotatable bonds is 3. The standard InChI is InChI=1S/C13H15ClN4O/c1-8-5-10(13(15)17-19)3-4-11(8)6-18-7-12(14)9(2)16-18/h3-5,7,19H,6H2,1-2H3,(H2,15,17). The maximum Gasteiger partial charge on any atom is 0.170 e. The van der Waals surface area contributed by atoms with E-state index in [-0.39, 0.29) is 5.84 Å². The van der Waals surface area contributed by atoms with Gasteiger partial charge in [-0.1, -0.05) is 28.9 Å². The van der Waals surface area contributed by atoms with Gasteiger partial charge in [-0.3, -0.25) is 4.68 Å². The van der Waals surface area contributed by atoms with E-state index in [9.17, 15) is 0 Å². The fourth-order valence-electron chi connectivity index (χ4n) is 1.84. The van der Waals surface area contributed by atoms with Crippen molar-refractivity contribution >= 4 is 17.4 Å². The van der Waals surface area contributed by atoms with E-state index in [4.69, 9.17) is 22.5 Å². The average molecular weight is 279 g/mol. The van der Waals surface area contributed by atoms with E-state index < -0.39 is 0 Å². The van der Waals surface area contributed by atoms with E-state index in [1.165, 1.54) is 0 Å². The molecule has 1 heterocycles. The molecule has 19 heavy (non-hydrogen) atoms. The molecule has 0 amide bonds. The first-order chi connectivity index (χ1) is 9.01. The Bertz CT molecular complexity index is 614. The maximum absolute atomic E-state index is 8.65. The second-order valence-corrected chi connectivity index (χ2v) is 4.79. The Morgan fingerprint density at radius 1 is 1.47 bits per heavy atom. The van der Waals surface area contributed by atoms with Crippen LogP contribution in [0.4, 0.5) is 0 Å². The number of aromatic nitrogens is 2. The summed E-state index contributed by atoms with van der Waals surface area (Å²) in [6.45, 7) is 4.48. The number of hydrogen-bond acceptors (Lipinski definition) is 3. The van der Waals surface area contributed by atoms with Gasteiger partial charge in [0.2, 0.25) is 0 Å². The highest BCUT2D eigenvalue weighted by Gasteiger charge is 2.06. The Hall–Kier alpha value is -2.01. The second kappa shape index (κ2) is 5.32. The Morgan fingerprint density at radius 2 is 2.21 bits per heavy atom. The zero-order chi connectivity index (χ0) is 14.0. The van der Waals surface area contributed by atoms with Crippen molar-refractivity contribution in [1.82, 2.24) is 9.78 Å². The van der Waals surface area contributed by atoms with Crippen LogP contribution in [-0.2, 0) is 6.54 Å². The number of benzene rings is 1. The van der Waals surface area contributed by atoms with Crippen molar-refractivity contribution in [3.8, 4) is 0 Å². The first-order valence-electron chi connectivity index (χ1n) is 5.78. The molecule has 0 saturated carbocycles. The third kappa shape index (κ3) is 2.88. The Morgan fingerprint density at radius 3 is 2.74 bits per heavy atom. The quantitative estimate of drug-likeness (QED) is 0.391. The summed E-state index contributed by atoms with van der Waals surface area (Å²) in [5.74, 6) is 0.104. The molecule has 0 bridgehead atoms. The van der Waals surface area contributed by atoms with Crippen LogP contribution in [0.15, 0.2) is 29.6 Å². The number of hydrogen-bond donors (Lipinski definition) is 2. The molecular formula is C13H15ClN4O. The molecule has 0 unspecified atom stereocenters. The van der Waals surface area contributed by atoms with Crippen LogP contribution in [0.5, 0.6) is 0 Å². The Kier molecular flexibility index (Phi) is 3.76. The fourth-order valence-corrected chi connectivity index (χ4v) is 1.99. The molecule has 0 aliphatic rings. The normalized spacial score (nSPS) is 11.8. The largest absolute Gasteiger partial charge is 0.409 e. The smallest absolute Gasteiger partial charge is 0.170 e. The van der Waals surface area contributed by atoms with E-state index in [0.29, 0.717) is 17.1 Å². The summed E-state index contributed by atoms with van der Waals surface area (Å²) >= 11 is 5.98. The summed E-state index contributed by atoms with van der Waals surface area (Å²) < 4.78 is 1.79. The highest BCUT2D eigenvalue weighted by atomic mass is 35.5. The number of oxime groups is 1. The summed E-state index contributed by atoms with van der Waals surface area (Å²) in [5, 5.41) is 16.6. The molecule has 0 aliphatic heterocycles. The Labute approximate surface area is 116 Å². The minimum Gasteiger partial charge on any atom is -0.409 e. The fraction of sp³-hybridized carbons (Fsp3) is 0.231. The molecule has 6 heteroatoms. The minimum absolute atomic E-state index is 0.104. The summed E-state index contributed by atoms with van der Waals surface area (Å²) in [4.78, 5) is 0. The molecule has 2 rings (SSSR count). The van der Waals surface area contributed by atoms with Crippen LogP contribution in [0, 0.1) is 13.8 Å². The summed E-state index contributed by atoms with van der Waals surface area (Å²) in [6, 6.07) is 5.63. The molecule has 1 aromatic heterocycles. The van der Waals surface area contributed by atoms with Crippen molar-refractivity contribution in [1.29, 1.82) is 0 Å². The predicted molar refractivity (Wildman–Crippen MR) is 74.8 cm³/mol. The van der Waals surface area contributed by atoms with Crippen molar-refractivity contribution in [2.24, 2.45) is 10.9 Å². The lowest BCUT2D eigenvalue weighted by molar-refractivity contribution is 0.318. The summed E-state index contributed by atoms with van der Waals surface area (Å²) in [6.07, 6.45) is 1.80. The van der Waals surface area contributed by atoms with E-state index in [2.05, 4.69) is 10.3 Å². The number of nitrogens with two attached hydrogens (primary N) is 1. The highest BCUT2D eigenvalue weighted by Crippen LogP contribution is 2.16. The zero-order valence-electron chi connectivity index (χ0n) is 10.8. The SMILES string of the molecule is Cc1cc(/C(N)=N/O)ccc1Cn1cc(Cl)c(C)n1. The van der Waals surface area contributed by atoms with Gasteiger partial charge in [0.05, 0.1) is 17.3 Å². The molecule has 3 N–H and O–H groups in total. The van der Waals surface area contributed by atoms with Crippen LogP contribution >= 0.6 is 11.6 Å². The molecular weight excluding hydrogens is 264 g/mol. The van der Waals surface area contributed by atoms with Gasteiger partial charge in [0.1, 0.15) is 0 Å². The molecule has 0 atom stereocenters. The zero-order valence-corrected chi connectivity index (χ0v) is 11.5. The molecule has 0 aliphatic carbocycles. The van der Waals surface area contributed by atoms with Crippen molar-refractivity contribution in [3.05, 3.63) is 51.8 Å². The van der Waals surface area contributed by atoms with Gasteiger partial charge in [0.25, 0.3) is 0 Å². The van der Waals surface area contributed by atoms with Crippen molar-refractivity contribution in [3.63, 3.8) is 0 Å². The van der Waals surface area contributed by atoms with Crippen LogP contribution in [-0.4, -0.2) is 20.8 Å². The van der Waals surface area contributed by atoms with Crippen molar-refractivity contribution in [2.75, 3.05) is 0 Å². The van der Waals surface area contributed by atoms with E-state index >= 15 is 0 Å². The van der Waals surface area contributed by atoms with E-state index in [1.54, 1.807) is 10.9 Å². The van der Waals surface area contributed by atoms with Gasteiger partial charge in [-0.05, 0) is 31.0 Å². The van der Waals surface area contributed by atoms with Gasteiger partial charge in [0.15, 0.2) is 5.84 Å². The molecule has 0 spiro atoms. The maximum atomic E-state index is 8.65. The monoisotopic (exact) mass is 278 g/mol.